The van der Waals surface area contributed by atoms with Gasteiger partial charge < -0.3 is 5.11 Å². The molecule has 8 heteroatoms. The Labute approximate surface area is 193 Å². The molecule has 0 amide bonds. The van der Waals surface area contributed by atoms with Crippen molar-refractivity contribution in [3.05, 3.63) is 53.2 Å². The van der Waals surface area contributed by atoms with Crippen molar-refractivity contribution in [2.45, 2.75) is 53.4 Å². The van der Waals surface area contributed by atoms with Gasteiger partial charge in [-0.25, -0.2) is 9.97 Å². The monoisotopic (exact) mass is 452 g/mol. The normalized spacial score (nSPS) is 13.8. The maximum atomic E-state index is 12.9. The van der Waals surface area contributed by atoms with Crippen LogP contribution in [0.2, 0.25) is 0 Å². The topological polar surface area (TPSA) is 98.0 Å². The molecule has 3 heterocycles. The van der Waals surface area contributed by atoms with Crippen molar-refractivity contribution < 1.29 is 14.7 Å². The summed E-state index contributed by atoms with van der Waals surface area (Å²) < 4.78 is 1.58. The fourth-order valence-electron chi connectivity index (χ4n) is 3.84. The Morgan fingerprint density at radius 2 is 1.84 bits per heavy atom. The Morgan fingerprint density at radius 3 is 2.47 bits per heavy atom. The molecular weight excluding hydrogens is 424 g/mol. The molecule has 0 aliphatic heterocycles. The minimum absolute atomic E-state index is 0.0414. The first-order valence-corrected chi connectivity index (χ1v) is 11.0. The lowest BCUT2D eigenvalue weighted by atomic mass is 9.87. The fourth-order valence-corrected chi connectivity index (χ4v) is 4.11. The highest BCUT2D eigenvalue weighted by Crippen LogP contribution is 2.39. The van der Waals surface area contributed by atoms with Crippen LogP contribution < -0.4 is 0 Å². The van der Waals surface area contributed by atoms with Gasteiger partial charge in [-0.3, -0.25) is 18.5 Å². The van der Waals surface area contributed by atoms with Crippen molar-refractivity contribution in [1.82, 2.24) is 18.9 Å². The molecular formula is C24H28N4O3S. The van der Waals surface area contributed by atoms with Gasteiger partial charge in [0.25, 0.3) is 6.47 Å². The van der Waals surface area contributed by atoms with Crippen molar-refractivity contribution in [2.75, 3.05) is 0 Å². The predicted molar refractivity (Wildman–Crippen MR) is 129 cm³/mol. The molecule has 0 unspecified atom stereocenters. The van der Waals surface area contributed by atoms with Crippen LogP contribution in [0, 0.1) is 5.41 Å². The number of hydrogen-bond donors (Lipinski definition) is 2. The first-order valence-electron chi connectivity index (χ1n) is 10.6. The zero-order valence-corrected chi connectivity index (χ0v) is 19.7. The van der Waals surface area contributed by atoms with Crippen LogP contribution in [-0.2, 0) is 11.2 Å². The second kappa shape index (κ2) is 9.65. The van der Waals surface area contributed by atoms with Gasteiger partial charge in [0.05, 0.1) is 23.1 Å². The van der Waals surface area contributed by atoms with Crippen LogP contribution in [0.5, 0.6) is 0 Å². The SMILES string of the molecule is CCc1cccc(C2=C(c3cnc4c(n3)c(C(=O)C(C)(C)C)cn4S)CCC2)n1.O=CO. The van der Waals surface area contributed by atoms with Gasteiger partial charge in [0.1, 0.15) is 5.52 Å². The van der Waals surface area contributed by atoms with Gasteiger partial charge in [-0.1, -0.05) is 46.6 Å². The largest absolute Gasteiger partial charge is 0.483 e. The van der Waals surface area contributed by atoms with E-state index in [4.69, 9.17) is 19.9 Å². The van der Waals surface area contributed by atoms with Crippen molar-refractivity contribution in [1.29, 1.82) is 0 Å². The molecule has 0 saturated carbocycles. The third kappa shape index (κ3) is 4.75. The third-order valence-electron chi connectivity index (χ3n) is 5.41. The number of rotatable bonds is 4. The van der Waals surface area contributed by atoms with E-state index in [-0.39, 0.29) is 12.3 Å². The zero-order chi connectivity index (χ0) is 23.5. The van der Waals surface area contributed by atoms with Crippen molar-refractivity contribution in [3.8, 4) is 0 Å². The number of Topliss-reactive ketones (excluding diaryl/α,β-unsaturated/α-hetero) is 1. The molecule has 0 fully saturated rings. The number of carboxylic acid groups (broad SMARTS) is 1. The molecule has 1 aliphatic carbocycles. The zero-order valence-electron chi connectivity index (χ0n) is 18.8. The number of aromatic nitrogens is 4. The Bertz CT molecular complexity index is 1190. The highest BCUT2D eigenvalue weighted by molar-refractivity contribution is 7.78. The van der Waals surface area contributed by atoms with Crippen molar-refractivity contribution >= 4 is 47.4 Å². The molecule has 1 aliphatic rings. The van der Waals surface area contributed by atoms with Gasteiger partial charge in [-0.15, -0.1) is 0 Å². The van der Waals surface area contributed by atoms with E-state index in [9.17, 15) is 4.79 Å². The van der Waals surface area contributed by atoms with E-state index in [2.05, 4.69) is 42.9 Å². The minimum atomic E-state index is -0.498. The number of allylic oxidation sites excluding steroid dienone is 2. The quantitative estimate of drug-likeness (QED) is 0.324. The van der Waals surface area contributed by atoms with Crippen LogP contribution in [0.15, 0.2) is 30.6 Å². The molecule has 7 nitrogen and oxygen atoms in total. The second-order valence-electron chi connectivity index (χ2n) is 8.68. The summed E-state index contributed by atoms with van der Waals surface area (Å²) >= 11 is 4.44. The van der Waals surface area contributed by atoms with Gasteiger partial charge in [0.2, 0.25) is 0 Å². The number of carbonyl (C=O) groups is 2. The number of pyridine rings is 1. The number of aryl methyl sites for hydroxylation is 1. The molecule has 0 saturated heterocycles. The van der Waals surface area contributed by atoms with Gasteiger partial charge in [0.15, 0.2) is 11.4 Å². The van der Waals surface area contributed by atoms with Crippen LogP contribution in [-0.4, -0.2) is 36.3 Å². The fraction of sp³-hybridized carbons (Fsp3) is 0.375. The molecule has 3 aromatic rings. The molecule has 32 heavy (non-hydrogen) atoms. The summed E-state index contributed by atoms with van der Waals surface area (Å²) in [6, 6.07) is 6.20. The molecule has 0 radical (unpaired) electrons. The van der Waals surface area contributed by atoms with E-state index in [1.54, 1.807) is 16.4 Å². The average molecular weight is 453 g/mol. The van der Waals surface area contributed by atoms with Crippen molar-refractivity contribution in [2.24, 2.45) is 5.41 Å². The lowest BCUT2D eigenvalue weighted by molar-refractivity contribution is -0.122. The molecule has 0 spiro atoms. The van der Waals surface area contributed by atoms with Gasteiger partial charge in [-0.2, -0.15) is 0 Å². The standard InChI is InChI=1S/C23H26N4OS.CH2O2/c1-5-14-8-6-11-18(25-14)15-9-7-10-16(15)19-12-24-22-20(26-19)17(13-27(22)29)21(28)23(2,3)4;2-1-3/h6,8,11-13,29H,5,7,9-10H2,1-4H3;1H,(H,2,3). The van der Waals surface area contributed by atoms with Gasteiger partial charge in [0, 0.05) is 17.3 Å². The van der Waals surface area contributed by atoms with Crippen LogP contribution in [0.1, 0.15) is 74.4 Å². The third-order valence-corrected chi connectivity index (χ3v) is 5.71. The van der Waals surface area contributed by atoms with E-state index in [0.29, 0.717) is 16.7 Å². The second-order valence-corrected chi connectivity index (χ2v) is 9.11. The van der Waals surface area contributed by atoms with Crippen LogP contribution in [0.3, 0.4) is 0 Å². The smallest absolute Gasteiger partial charge is 0.290 e. The molecule has 0 atom stereocenters. The van der Waals surface area contributed by atoms with Crippen LogP contribution in [0.4, 0.5) is 0 Å². The van der Waals surface area contributed by atoms with Gasteiger partial charge in [-0.05, 0) is 49.0 Å². The number of hydrogen-bond acceptors (Lipinski definition) is 6. The maximum Gasteiger partial charge on any atom is 0.290 e. The summed E-state index contributed by atoms with van der Waals surface area (Å²) in [6.07, 6.45) is 7.43. The van der Waals surface area contributed by atoms with E-state index >= 15 is 0 Å². The van der Waals surface area contributed by atoms with E-state index in [1.165, 1.54) is 11.1 Å². The van der Waals surface area contributed by atoms with E-state index in [0.717, 1.165) is 42.8 Å². The first-order chi connectivity index (χ1) is 15.2. The van der Waals surface area contributed by atoms with Crippen molar-refractivity contribution in [3.63, 3.8) is 0 Å². The average Bonchev–Trinajstić information content (AvgIpc) is 3.38. The Hall–Kier alpha value is -3.00. The maximum absolute atomic E-state index is 12.9. The Balaban J connectivity index is 0.000000913. The van der Waals surface area contributed by atoms with Crippen LogP contribution >= 0.6 is 12.8 Å². The number of ketones is 1. The number of fused-ring (bicyclic) bond motifs is 1. The van der Waals surface area contributed by atoms with E-state index in [1.807, 2.05) is 20.8 Å². The molecule has 168 valence electrons. The molecule has 1 N–H and O–H groups in total. The first kappa shape index (κ1) is 23.7. The summed E-state index contributed by atoms with van der Waals surface area (Å²) in [6.45, 7) is 7.61. The summed E-state index contributed by atoms with van der Waals surface area (Å²) in [5.41, 5.74) is 6.66. The summed E-state index contributed by atoms with van der Waals surface area (Å²) in [5.74, 6) is 0.0414. The van der Waals surface area contributed by atoms with Crippen LogP contribution in [0.25, 0.3) is 22.3 Å². The lowest BCUT2D eigenvalue weighted by Crippen LogP contribution is -2.20. The number of carbonyl (C=O) groups excluding carboxylic acids is 1. The number of nitrogens with zero attached hydrogens (tertiary/aromatic N) is 4. The highest BCUT2D eigenvalue weighted by Gasteiger charge is 2.28. The predicted octanol–water partition coefficient (Wildman–Crippen LogP) is 5.11. The summed E-state index contributed by atoms with van der Waals surface area (Å²) in [4.78, 5) is 35.6. The summed E-state index contributed by atoms with van der Waals surface area (Å²) in [5, 5.41) is 6.89. The minimum Gasteiger partial charge on any atom is -0.483 e. The lowest BCUT2D eigenvalue weighted by Gasteiger charge is -2.15. The Kier molecular flexibility index (Phi) is 7.13. The Morgan fingerprint density at radius 1 is 1.19 bits per heavy atom. The number of thiol groups is 1. The van der Waals surface area contributed by atoms with E-state index < -0.39 is 5.41 Å². The molecule has 0 bridgehead atoms. The molecule has 3 aromatic heterocycles. The molecule has 4 rings (SSSR count). The summed E-state index contributed by atoms with van der Waals surface area (Å²) in [7, 11) is 0. The molecule has 0 aromatic carbocycles. The van der Waals surface area contributed by atoms with Gasteiger partial charge >= 0.3 is 0 Å². The highest BCUT2D eigenvalue weighted by atomic mass is 32.1.